The Morgan fingerprint density at radius 1 is 1.46 bits per heavy atom. The lowest BCUT2D eigenvalue weighted by Gasteiger charge is -1.97. The number of aryl methyl sites for hydroxylation is 1. The normalized spacial score (nSPS) is 10.6. The predicted molar refractivity (Wildman–Crippen MR) is 50.7 cm³/mol. The zero-order valence-corrected chi connectivity index (χ0v) is 7.61. The molecule has 2 aromatic rings. The fourth-order valence-electron chi connectivity index (χ4n) is 1.36. The Bertz CT molecular complexity index is 471. The van der Waals surface area contributed by atoms with Crippen LogP contribution in [0, 0.1) is 0 Å². The largest absolute Gasteiger partial charge is 0.295 e. The summed E-state index contributed by atoms with van der Waals surface area (Å²) in [6.45, 7) is 1.57. The second-order valence-corrected chi connectivity index (χ2v) is 3.10. The van der Waals surface area contributed by atoms with Crippen LogP contribution in [-0.2, 0) is 7.05 Å². The van der Waals surface area contributed by atoms with Crippen molar-refractivity contribution in [3.8, 4) is 0 Å². The van der Waals surface area contributed by atoms with Gasteiger partial charge < -0.3 is 0 Å². The lowest BCUT2D eigenvalue weighted by atomic mass is 10.1. The maximum atomic E-state index is 11.1. The highest BCUT2D eigenvalue weighted by molar-refractivity contribution is 5.97. The van der Waals surface area contributed by atoms with Crippen molar-refractivity contribution in [1.82, 2.24) is 9.78 Å². The van der Waals surface area contributed by atoms with Crippen LogP contribution < -0.4 is 0 Å². The minimum absolute atomic E-state index is 0.0862. The summed E-state index contributed by atoms with van der Waals surface area (Å²) >= 11 is 0. The Labute approximate surface area is 76.0 Å². The van der Waals surface area contributed by atoms with Gasteiger partial charge >= 0.3 is 0 Å². The molecule has 1 aromatic carbocycles. The van der Waals surface area contributed by atoms with E-state index in [0.717, 1.165) is 16.5 Å². The van der Waals surface area contributed by atoms with Gasteiger partial charge in [0.15, 0.2) is 5.78 Å². The third-order valence-electron chi connectivity index (χ3n) is 2.16. The molecule has 0 aliphatic heterocycles. The van der Waals surface area contributed by atoms with Crippen molar-refractivity contribution in [3.63, 3.8) is 0 Å². The number of Topliss-reactive ketones (excluding diaryl/α,β-unsaturated/α-hetero) is 1. The molecule has 0 aliphatic carbocycles. The summed E-state index contributed by atoms with van der Waals surface area (Å²) in [4.78, 5) is 11.1. The zero-order chi connectivity index (χ0) is 9.42. The fourth-order valence-corrected chi connectivity index (χ4v) is 1.36. The molecule has 0 saturated heterocycles. The van der Waals surface area contributed by atoms with E-state index in [9.17, 15) is 4.79 Å². The fraction of sp³-hybridized carbons (Fsp3) is 0.200. The van der Waals surface area contributed by atoms with Crippen LogP contribution >= 0.6 is 0 Å². The summed E-state index contributed by atoms with van der Waals surface area (Å²) in [5, 5.41) is 5.16. The monoisotopic (exact) mass is 174 g/mol. The Balaban J connectivity index is 2.72. The standard InChI is InChI=1S/C10H10N2O/c1-7(13)8-3-4-9-6-11-12(2)10(9)5-8/h3-6H,1-2H3. The van der Waals surface area contributed by atoms with Crippen molar-refractivity contribution in [2.24, 2.45) is 7.05 Å². The van der Waals surface area contributed by atoms with Crippen molar-refractivity contribution in [1.29, 1.82) is 0 Å². The molecule has 0 aliphatic rings. The highest BCUT2D eigenvalue weighted by Gasteiger charge is 2.03. The van der Waals surface area contributed by atoms with Crippen LogP contribution in [0.5, 0.6) is 0 Å². The van der Waals surface area contributed by atoms with E-state index in [1.807, 2.05) is 25.2 Å². The first kappa shape index (κ1) is 7.98. The van der Waals surface area contributed by atoms with Crippen LogP contribution in [0.3, 0.4) is 0 Å². The Morgan fingerprint density at radius 2 is 2.23 bits per heavy atom. The summed E-state index contributed by atoms with van der Waals surface area (Å²) in [5.41, 5.74) is 1.73. The quantitative estimate of drug-likeness (QED) is 0.617. The molecule has 1 aromatic heterocycles. The molecule has 0 amide bonds. The van der Waals surface area contributed by atoms with Crippen molar-refractivity contribution in [3.05, 3.63) is 30.0 Å². The Morgan fingerprint density at radius 3 is 2.92 bits per heavy atom. The van der Waals surface area contributed by atoms with Crippen LogP contribution in [-0.4, -0.2) is 15.6 Å². The van der Waals surface area contributed by atoms with Crippen molar-refractivity contribution < 1.29 is 4.79 Å². The molecule has 3 heteroatoms. The number of aromatic nitrogens is 2. The molecular weight excluding hydrogens is 164 g/mol. The first-order valence-corrected chi connectivity index (χ1v) is 4.11. The zero-order valence-electron chi connectivity index (χ0n) is 7.61. The van der Waals surface area contributed by atoms with Crippen molar-refractivity contribution in [2.75, 3.05) is 0 Å². The number of hydrogen-bond acceptors (Lipinski definition) is 2. The SMILES string of the molecule is CC(=O)c1ccc2cnn(C)c2c1. The van der Waals surface area contributed by atoms with Gasteiger partial charge in [-0.1, -0.05) is 12.1 Å². The van der Waals surface area contributed by atoms with Gasteiger partial charge in [0.25, 0.3) is 0 Å². The molecule has 2 rings (SSSR count). The van der Waals surface area contributed by atoms with Crippen LogP contribution in [0.25, 0.3) is 10.9 Å². The van der Waals surface area contributed by atoms with Gasteiger partial charge in [-0.3, -0.25) is 9.48 Å². The second-order valence-electron chi connectivity index (χ2n) is 3.10. The molecule has 66 valence electrons. The molecule has 0 N–H and O–H groups in total. The minimum Gasteiger partial charge on any atom is -0.295 e. The smallest absolute Gasteiger partial charge is 0.159 e. The van der Waals surface area contributed by atoms with Gasteiger partial charge in [-0.25, -0.2) is 0 Å². The molecule has 0 saturated carbocycles. The highest BCUT2D eigenvalue weighted by Crippen LogP contribution is 2.14. The molecule has 3 nitrogen and oxygen atoms in total. The van der Waals surface area contributed by atoms with Crippen LogP contribution in [0.1, 0.15) is 17.3 Å². The number of carbonyl (C=O) groups is 1. The van der Waals surface area contributed by atoms with Gasteiger partial charge in [-0.15, -0.1) is 0 Å². The summed E-state index contributed by atoms with van der Waals surface area (Å²) in [6.07, 6.45) is 1.79. The summed E-state index contributed by atoms with van der Waals surface area (Å²) in [7, 11) is 1.87. The van der Waals surface area contributed by atoms with Gasteiger partial charge in [-0.2, -0.15) is 5.10 Å². The van der Waals surface area contributed by atoms with E-state index in [1.54, 1.807) is 17.8 Å². The number of benzene rings is 1. The second kappa shape index (κ2) is 2.69. The first-order chi connectivity index (χ1) is 6.18. The van der Waals surface area contributed by atoms with E-state index in [4.69, 9.17) is 0 Å². The third-order valence-corrected chi connectivity index (χ3v) is 2.16. The highest BCUT2D eigenvalue weighted by atomic mass is 16.1. The number of hydrogen-bond donors (Lipinski definition) is 0. The Hall–Kier alpha value is -1.64. The van der Waals surface area contributed by atoms with Gasteiger partial charge in [0.1, 0.15) is 0 Å². The van der Waals surface area contributed by atoms with Gasteiger partial charge in [0.2, 0.25) is 0 Å². The summed E-state index contributed by atoms with van der Waals surface area (Å²) in [5.74, 6) is 0.0862. The van der Waals surface area contributed by atoms with E-state index >= 15 is 0 Å². The number of carbonyl (C=O) groups excluding carboxylic acids is 1. The van der Waals surface area contributed by atoms with Gasteiger partial charge in [0, 0.05) is 18.0 Å². The molecule has 0 unspecified atom stereocenters. The number of ketones is 1. The minimum atomic E-state index is 0.0862. The lowest BCUT2D eigenvalue weighted by Crippen LogP contribution is -1.93. The van der Waals surface area contributed by atoms with Crippen LogP contribution in [0.4, 0.5) is 0 Å². The van der Waals surface area contributed by atoms with Crippen LogP contribution in [0.15, 0.2) is 24.4 Å². The van der Waals surface area contributed by atoms with Crippen molar-refractivity contribution >= 4 is 16.7 Å². The lowest BCUT2D eigenvalue weighted by molar-refractivity contribution is 0.101. The number of nitrogens with zero attached hydrogens (tertiary/aromatic N) is 2. The number of rotatable bonds is 1. The maximum Gasteiger partial charge on any atom is 0.159 e. The van der Waals surface area contributed by atoms with Gasteiger partial charge in [0.05, 0.1) is 11.7 Å². The molecule has 0 atom stereocenters. The van der Waals surface area contributed by atoms with Crippen molar-refractivity contribution in [2.45, 2.75) is 6.92 Å². The molecule has 0 spiro atoms. The molecule has 0 bridgehead atoms. The third kappa shape index (κ3) is 1.22. The first-order valence-electron chi connectivity index (χ1n) is 4.11. The van der Waals surface area contributed by atoms with E-state index in [2.05, 4.69) is 5.10 Å². The average molecular weight is 174 g/mol. The molecule has 0 radical (unpaired) electrons. The predicted octanol–water partition coefficient (Wildman–Crippen LogP) is 1.78. The summed E-state index contributed by atoms with van der Waals surface area (Å²) < 4.78 is 1.77. The topological polar surface area (TPSA) is 34.9 Å². The van der Waals surface area contributed by atoms with E-state index in [1.165, 1.54) is 0 Å². The van der Waals surface area contributed by atoms with E-state index in [-0.39, 0.29) is 5.78 Å². The number of fused-ring (bicyclic) bond motifs is 1. The summed E-state index contributed by atoms with van der Waals surface area (Å²) in [6, 6.07) is 5.61. The molecule has 0 fully saturated rings. The van der Waals surface area contributed by atoms with E-state index < -0.39 is 0 Å². The average Bonchev–Trinajstić information content (AvgIpc) is 2.47. The Kier molecular flexibility index (Phi) is 1.65. The van der Waals surface area contributed by atoms with Crippen LogP contribution in [0.2, 0.25) is 0 Å². The van der Waals surface area contributed by atoms with E-state index in [0.29, 0.717) is 0 Å². The molecule has 1 heterocycles. The molecular formula is C10H10N2O. The maximum absolute atomic E-state index is 11.1. The molecule has 13 heavy (non-hydrogen) atoms. The van der Waals surface area contributed by atoms with Gasteiger partial charge in [-0.05, 0) is 13.0 Å².